The molecule has 2 aliphatic rings. The summed E-state index contributed by atoms with van der Waals surface area (Å²) in [5.74, 6) is -0.0414. The van der Waals surface area contributed by atoms with Gasteiger partial charge in [0.05, 0.1) is 5.52 Å². The number of carbonyl (C=O) groups is 1. The number of nitrogens with zero attached hydrogens (tertiary/aromatic N) is 3. The van der Waals surface area contributed by atoms with Crippen LogP contribution in [0.15, 0.2) is 24.3 Å². The van der Waals surface area contributed by atoms with Crippen LogP contribution in [0.5, 0.6) is 0 Å². The van der Waals surface area contributed by atoms with E-state index in [1.165, 1.54) is 19.3 Å². The van der Waals surface area contributed by atoms with Gasteiger partial charge >= 0.3 is 0 Å². The molecular formula is C20H29N5O. The summed E-state index contributed by atoms with van der Waals surface area (Å²) < 4.78 is 1.92. The van der Waals surface area contributed by atoms with Crippen molar-refractivity contribution in [2.45, 2.75) is 63.2 Å². The summed E-state index contributed by atoms with van der Waals surface area (Å²) in [5, 5.41) is 8.82. The Morgan fingerprint density at radius 3 is 2.73 bits per heavy atom. The summed E-state index contributed by atoms with van der Waals surface area (Å²) in [5.41, 5.74) is 7.19. The normalized spacial score (nSPS) is 26.2. The molecule has 6 heteroatoms. The molecule has 0 saturated carbocycles. The molecule has 0 radical (unpaired) electrons. The number of benzene rings is 1. The zero-order valence-corrected chi connectivity index (χ0v) is 15.5. The van der Waals surface area contributed by atoms with E-state index in [1.54, 1.807) is 0 Å². The molecule has 1 amide bonds. The van der Waals surface area contributed by atoms with Crippen molar-refractivity contribution in [2.75, 3.05) is 13.6 Å². The predicted octanol–water partition coefficient (Wildman–Crippen LogP) is 2.13. The Hall–Kier alpha value is -1.92. The van der Waals surface area contributed by atoms with Crippen LogP contribution in [-0.4, -0.2) is 52.3 Å². The number of amides is 1. The number of piperidine rings is 2. The summed E-state index contributed by atoms with van der Waals surface area (Å²) in [6.07, 6.45) is 6.75. The number of para-hydroxylation sites is 1. The molecule has 2 fully saturated rings. The number of aryl methyl sites for hydroxylation is 1. The SMILES string of the molecule is CN1[C@@H]2CCC[C@H]1CC(NC(=O)c1nn(CCCN)c3ccccc13)C2. The summed E-state index contributed by atoms with van der Waals surface area (Å²) in [7, 11) is 2.24. The molecule has 3 N–H and O–H groups in total. The van der Waals surface area contributed by atoms with Crippen LogP contribution < -0.4 is 11.1 Å². The molecule has 3 atom stereocenters. The quantitative estimate of drug-likeness (QED) is 0.861. The van der Waals surface area contributed by atoms with Gasteiger partial charge in [-0.1, -0.05) is 24.6 Å². The Morgan fingerprint density at radius 2 is 2.00 bits per heavy atom. The third-order valence-corrected chi connectivity index (χ3v) is 6.12. The van der Waals surface area contributed by atoms with E-state index in [0.717, 1.165) is 36.7 Å². The first-order chi connectivity index (χ1) is 12.7. The van der Waals surface area contributed by atoms with Gasteiger partial charge in [0.2, 0.25) is 0 Å². The van der Waals surface area contributed by atoms with Gasteiger partial charge < -0.3 is 16.0 Å². The molecule has 0 spiro atoms. The van der Waals surface area contributed by atoms with Crippen LogP contribution in [0, 0.1) is 0 Å². The van der Waals surface area contributed by atoms with Crippen LogP contribution in [0.4, 0.5) is 0 Å². The number of carbonyl (C=O) groups excluding carboxylic acids is 1. The summed E-state index contributed by atoms with van der Waals surface area (Å²) in [4.78, 5) is 15.5. The number of fused-ring (bicyclic) bond motifs is 3. The highest BCUT2D eigenvalue weighted by Gasteiger charge is 2.36. The van der Waals surface area contributed by atoms with Gasteiger partial charge in [-0.15, -0.1) is 0 Å². The maximum Gasteiger partial charge on any atom is 0.272 e. The molecule has 1 unspecified atom stereocenters. The van der Waals surface area contributed by atoms with Gasteiger partial charge in [-0.2, -0.15) is 5.10 Å². The Balaban J connectivity index is 1.53. The lowest BCUT2D eigenvalue weighted by Gasteiger charge is -2.47. The fourth-order valence-corrected chi connectivity index (χ4v) is 4.69. The molecule has 26 heavy (non-hydrogen) atoms. The number of aromatic nitrogens is 2. The number of hydrogen-bond donors (Lipinski definition) is 2. The molecular weight excluding hydrogens is 326 g/mol. The van der Waals surface area contributed by atoms with Crippen LogP contribution >= 0.6 is 0 Å². The van der Waals surface area contributed by atoms with Crippen molar-refractivity contribution in [2.24, 2.45) is 5.73 Å². The van der Waals surface area contributed by atoms with Gasteiger partial charge in [-0.3, -0.25) is 9.48 Å². The van der Waals surface area contributed by atoms with Crippen LogP contribution in [0.2, 0.25) is 0 Å². The number of rotatable bonds is 5. The van der Waals surface area contributed by atoms with E-state index in [2.05, 4.69) is 22.4 Å². The molecule has 2 saturated heterocycles. The summed E-state index contributed by atoms with van der Waals surface area (Å²) in [6, 6.07) is 9.42. The van der Waals surface area contributed by atoms with Gasteiger partial charge in [0.25, 0.3) is 5.91 Å². The molecule has 1 aromatic heterocycles. The second-order valence-electron chi connectivity index (χ2n) is 7.78. The minimum Gasteiger partial charge on any atom is -0.348 e. The maximum absolute atomic E-state index is 13.0. The van der Waals surface area contributed by atoms with E-state index < -0.39 is 0 Å². The van der Waals surface area contributed by atoms with Gasteiger partial charge in [0, 0.05) is 30.1 Å². The first kappa shape index (κ1) is 17.5. The smallest absolute Gasteiger partial charge is 0.272 e. The lowest BCUT2D eigenvalue weighted by atomic mass is 9.82. The van der Waals surface area contributed by atoms with Crippen LogP contribution in [-0.2, 0) is 6.54 Å². The second-order valence-corrected chi connectivity index (χ2v) is 7.78. The van der Waals surface area contributed by atoms with E-state index in [9.17, 15) is 4.79 Å². The van der Waals surface area contributed by atoms with Crippen molar-refractivity contribution >= 4 is 16.8 Å². The average Bonchev–Trinajstić information content (AvgIpc) is 3.00. The fraction of sp³-hybridized carbons (Fsp3) is 0.600. The van der Waals surface area contributed by atoms with E-state index >= 15 is 0 Å². The highest BCUT2D eigenvalue weighted by molar-refractivity contribution is 6.05. The van der Waals surface area contributed by atoms with E-state index in [0.29, 0.717) is 24.3 Å². The molecule has 3 heterocycles. The van der Waals surface area contributed by atoms with Crippen molar-refractivity contribution in [3.8, 4) is 0 Å². The molecule has 4 rings (SSSR count). The Kier molecular flexibility index (Phi) is 4.96. The van der Waals surface area contributed by atoms with Crippen LogP contribution in [0.3, 0.4) is 0 Å². The number of nitrogens with two attached hydrogens (primary N) is 1. The third kappa shape index (κ3) is 3.23. The first-order valence-electron chi connectivity index (χ1n) is 9.85. The minimum absolute atomic E-state index is 0.0414. The topological polar surface area (TPSA) is 76.2 Å². The van der Waals surface area contributed by atoms with Crippen molar-refractivity contribution in [3.63, 3.8) is 0 Å². The molecule has 1 aromatic carbocycles. The molecule has 140 valence electrons. The van der Waals surface area contributed by atoms with E-state index in [4.69, 9.17) is 5.73 Å². The van der Waals surface area contributed by atoms with Gasteiger partial charge in [0.1, 0.15) is 0 Å². The lowest BCUT2D eigenvalue weighted by Crippen LogP contribution is -2.55. The highest BCUT2D eigenvalue weighted by atomic mass is 16.2. The molecule has 0 aliphatic carbocycles. The zero-order valence-electron chi connectivity index (χ0n) is 15.5. The van der Waals surface area contributed by atoms with Crippen molar-refractivity contribution in [3.05, 3.63) is 30.0 Å². The second kappa shape index (κ2) is 7.37. The molecule has 6 nitrogen and oxygen atoms in total. The van der Waals surface area contributed by atoms with Gasteiger partial charge in [-0.25, -0.2) is 0 Å². The largest absolute Gasteiger partial charge is 0.348 e. The molecule has 2 aliphatic heterocycles. The Morgan fingerprint density at radius 1 is 1.27 bits per heavy atom. The fourth-order valence-electron chi connectivity index (χ4n) is 4.69. The van der Waals surface area contributed by atoms with Crippen molar-refractivity contribution < 1.29 is 4.79 Å². The Labute approximate surface area is 154 Å². The third-order valence-electron chi connectivity index (χ3n) is 6.12. The Bertz CT molecular complexity index is 772. The predicted molar refractivity (Wildman–Crippen MR) is 103 cm³/mol. The molecule has 2 aromatic rings. The standard InChI is InChI=1S/C20H29N5O/c1-24-15-6-4-7-16(24)13-14(12-15)22-20(26)19-17-8-2-3-9-18(17)25(23-19)11-5-10-21/h2-3,8-9,14-16H,4-7,10-13,21H2,1H3,(H,22,26)/t14?,15-,16+. The van der Waals surface area contributed by atoms with Crippen molar-refractivity contribution in [1.29, 1.82) is 0 Å². The number of nitrogens with one attached hydrogen (secondary N) is 1. The summed E-state index contributed by atoms with van der Waals surface area (Å²) >= 11 is 0. The first-order valence-corrected chi connectivity index (χ1v) is 9.85. The minimum atomic E-state index is -0.0414. The molecule has 2 bridgehead atoms. The van der Waals surface area contributed by atoms with Gasteiger partial charge in [-0.05, 0) is 51.8 Å². The van der Waals surface area contributed by atoms with E-state index in [1.807, 2.05) is 28.9 Å². The summed E-state index contributed by atoms with van der Waals surface area (Å²) in [6.45, 7) is 1.36. The van der Waals surface area contributed by atoms with E-state index in [-0.39, 0.29) is 11.9 Å². The average molecular weight is 355 g/mol. The monoisotopic (exact) mass is 355 g/mol. The number of hydrogen-bond acceptors (Lipinski definition) is 4. The van der Waals surface area contributed by atoms with Crippen molar-refractivity contribution in [1.82, 2.24) is 20.0 Å². The lowest BCUT2D eigenvalue weighted by molar-refractivity contribution is 0.0462. The van der Waals surface area contributed by atoms with Crippen LogP contribution in [0.1, 0.15) is 49.0 Å². The maximum atomic E-state index is 13.0. The highest BCUT2D eigenvalue weighted by Crippen LogP contribution is 2.32. The van der Waals surface area contributed by atoms with Gasteiger partial charge in [0.15, 0.2) is 5.69 Å². The van der Waals surface area contributed by atoms with Crippen LogP contribution in [0.25, 0.3) is 10.9 Å². The zero-order chi connectivity index (χ0) is 18.1.